The van der Waals surface area contributed by atoms with Crippen LogP contribution in [0.4, 0.5) is 14.7 Å². The van der Waals surface area contributed by atoms with E-state index in [9.17, 15) is 8.78 Å². The Labute approximate surface area is 97.2 Å². The summed E-state index contributed by atoms with van der Waals surface area (Å²) in [7, 11) is 0. The van der Waals surface area contributed by atoms with E-state index < -0.39 is 11.5 Å². The van der Waals surface area contributed by atoms with Gasteiger partial charge in [-0.15, -0.1) is 0 Å². The maximum absolute atomic E-state index is 14.0. The Bertz CT molecular complexity index is 544. The monoisotopic (exact) mass is 238 g/mol. The highest BCUT2D eigenvalue weighted by Crippen LogP contribution is 2.35. The minimum Gasteiger partial charge on any atom is -0.368 e. The van der Waals surface area contributed by atoms with Crippen LogP contribution < -0.4 is 5.73 Å². The Hall–Kier alpha value is -1.91. The minimum absolute atomic E-state index is 0.0479. The van der Waals surface area contributed by atoms with Crippen molar-refractivity contribution >= 4 is 5.88 Å². The molecule has 90 valence electrons. The van der Waals surface area contributed by atoms with Crippen molar-refractivity contribution in [1.29, 1.82) is 0 Å². The Kier molecular flexibility index (Phi) is 2.61. The van der Waals surface area contributed by atoms with Gasteiger partial charge in [0.1, 0.15) is 17.2 Å². The number of nitrogens with zero attached hydrogens (tertiary/aromatic N) is 1. The van der Waals surface area contributed by atoms with E-state index in [1.165, 1.54) is 32.0 Å². The lowest BCUT2D eigenvalue weighted by Crippen LogP contribution is -2.13. The number of rotatable bonds is 2. The van der Waals surface area contributed by atoms with Gasteiger partial charge in [0.25, 0.3) is 0 Å². The van der Waals surface area contributed by atoms with Crippen LogP contribution in [0.25, 0.3) is 11.3 Å². The van der Waals surface area contributed by atoms with Crippen molar-refractivity contribution in [3.63, 3.8) is 0 Å². The molecule has 2 rings (SSSR count). The second-order valence-electron chi connectivity index (χ2n) is 4.25. The second-order valence-corrected chi connectivity index (χ2v) is 4.25. The van der Waals surface area contributed by atoms with Crippen LogP contribution in [0.15, 0.2) is 28.8 Å². The Morgan fingerprint density at radius 2 is 2.06 bits per heavy atom. The van der Waals surface area contributed by atoms with E-state index in [4.69, 9.17) is 10.3 Å². The molecule has 5 heteroatoms. The van der Waals surface area contributed by atoms with Gasteiger partial charge in [-0.05, 0) is 19.9 Å². The lowest BCUT2D eigenvalue weighted by Gasteiger charge is -2.18. The van der Waals surface area contributed by atoms with Crippen molar-refractivity contribution in [2.75, 3.05) is 5.73 Å². The smallest absolute Gasteiger partial charge is 0.222 e. The minimum atomic E-state index is -1.81. The van der Waals surface area contributed by atoms with Gasteiger partial charge < -0.3 is 10.3 Å². The third kappa shape index (κ3) is 2.13. The molecule has 0 fully saturated rings. The molecule has 0 aliphatic carbocycles. The molecule has 2 aromatic rings. The molecule has 0 atom stereocenters. The fraction of sp³-hybridized carbons (Fsp3) is 0.250. The van der Waals surface area contributed by atoms with Crippen molar-refractivity contribution in [3.8, 4) is 11.3 Å². The summed E-state index contributed by atoms with van der Waals surface area (Å²) < 4.78 is 32.4. The van der Waals surface area contributed by atoms with Crippen LogP contribution in [0.5, 0.6) is 0 Å². The Balaban J connectivity index is 2.66. The average molecular weight is 238 g/mol. The predicted molar refractivity (Wildman–Crippen MR) is 60.4 cm³/mol. The van der Waals surface area contributed by atoms with E-state index in [-0.39, 0.29) is 11.4 Å². The van der Waals surface area contributed by atoms with Crippen LogP contribution in [0.1, 0.15) is 19.4 Å². The molecule has 0 spiro atoms. The topological polar surface area (TPSA) is 52.0 Å². The zero-order valence-corrected chi connectivity index (χ0v) is 9.50. The highest BCUT2D eigenvalue weighted by atomic mass is 19.1. The Morgan fingerprint density at radius 1 is 1.35 bits per heavy atom. The zero-order chi connectivity index (χ0) is 12.6. The number of hydrogen-bond donors (Lipinski definition) is 1. The molecule has 0 unspecified atom stereocenters. The number of halogens is 2. The third-order valence-electron chi connectivity index (χ3n) is 2.41. The van der Waals surface area contributed by atoms with E-state index >= 15 is 0 Å². The van der Waals surface area contributed by atoms with Crippen molar-refractivity contribution in [3.05, 3.63) is 35.6 Å². The normalized spacial score (nSPS) is 11.8. The van der Waals surface area contributed by atoms with E-state index in [1.54, 1.807) is 6.07 Å². The predicted octanol–water partition coefficient (Wildman–Crippen LogP) is 3.27. The number of nitrogens with two attached hydrogens (primary N) is 1. The summed E-state index contributed by atoms with van der Waals surface area (Å²) in [6.07, 6.45) is 0. The van der Waals surface area contributed by atoms with Crippen LogP contribution >= 0.6 is 0 Å². The molecular formula is C12H12F2N2O. The van der Waals surface area contributed by atoms with Gasteiger partial charge in [0.15, 0.2) is 0 Å². The maximum Gasteiger partial charge on any atom is 0.222 e. The van der Waals surface area contributed by atoms with Gasteiger partial charge in [0, 0.05) is 17.2 Å². The first-order valence-electron chi connectivity index (χ1n) is 5.10. The van der Waals surface area contributed by atoms with Gasteiger partial charge in [-0.3, -0.25) is 0 Å². The summed E-state index contributed by atoms with van der Waals surface area (Å²) in [6, 6.07) is 5.72. The van der Waals surface area contributed by atoms with Gasteiger partial charge in [-0.1, -0.05) is 17.3 Å². The van der Waals surface area contributed by atoms with Gasteiger partial charge in [-0.2, -0.15) is 0 Å². The van der Waals surface area contributed by atoms with Crippen molar-refractivity contribution in [2.45, 2.75) is 19.5 Å². The summed E-state index contributed by atoms with van der Waals surface area (Å²) in [5, 5.41) is 3.67. The molecule has 2 N–H and O–H groups in total. The zero-order valence-electron chi connectivity index (χ0n) is 9.50. The SMILES string of the molecule is CC(C)(F)c1c(F)cccc1-c1cc(N)on1. The van der Waals surface area contributed by atoms with Crippen LogP contribution in [0.3, 0.4) is 0 Å². The van der Waals surface area contributed by atoms with Crippen molar-refractivity contribution < 1.29 is 13.3 Å². The molecule has 0 aliphatic heterocycles. The summed E-state index contributed by atoms with van der Waals surface area (Å²) in [4.78, 5) is 0. The lowest BCUT2D eigenvalue weighted by molar-refractivity contribution is 0.214. The van der Waals surface area contributed by atoms with E-state index in [0.717, 1.165) is 0 Å². The van der Waals surface area contributed by atoms with Crippen LogP contribution in [-0.2, 0) is 5.67 Å². The highest BCUT2D eigenvalue weighted by molar-refractivity contribution is 5.66. The molecule has 0 amide bonds. The first kappa shape index (κ1) is 11.6. The fourth-order valence-corrected chi connectivity index (χ4v) is 1.76. The van der Waals surface area contributed by atoms with E-state index in [1.807, 2.05) is 0 Å². The summed E-state index contributed by atoms with van der Waals surface area (Å²) >= 11 is 0. The molecule has 0 bridgehead atoms. The molecule has 17 heavy (non-hydrogen) atoms. The lowest BCUT2D eigenvalue weighted by atomic mass is 9.92. The van der Waals surface area contributed by atoms with E-state index in [0.29, 0.717) is 11.3 Å². The number of alkyl halides is 1. The summed E-state index contributed by atoms with van der Waals surface area (Å²) in [5.74, 6) is -0.511. The number of hydrogen-bond acceptors (Lipinski definition) is 3. The van der Waals surface area contributed by atoms with Gasteiger partial charge in [0.05, 0.1) is 0 Å². The molecule has 0 radical (unpaired) electrons. The maximum atomic E-state index is 14.0. The largest absolute Gasteiger partial charge is 0.368 e. The number of aromatic nitrogens is 1. The molecule has 1 aromatic carbocycles. The van der Waals surface area contributed by atoms with Gasteiger partial charge in [-0.25, -0.2) is 8.78 Å². The summed E-state index contributed by atoms with van der Waals surface area (Å²) in [5.41, 5.74) is 4.20. The molecule has 1 heterocycles. The van der Waals surface area contributed by atoms with Crippen LogP contribution in [0, 0.1) is 5.82 Å². The van der Waals surface area contributed by atoms with Crippen molar-refractivity contribution in [2.24, 2.45) is 0 Å². The fourth-order valence-electron chi connectivity index (χ4n) is 1.76. The first-order chi connectivity index (χ1) is 7.89. The molecule has 0 saturated heterocycles. The summed E-state index contributed by atoms with van der Waals surface area (Å²) in [6.45, 7) is 2.58. The van der Waals surface area contributed by atoms with E-state index in [2.05, 4.69) is 5.16 Å². The first-order valence-corrected chi connectivity index (χ1v) is 5.10. The molecule has 1 aromatic heterocycles. The number of benzene rings is 1. The van der Waals surface area contributed by atoms with Crippen LogP contribution in [0.2, 0.25) is 0 Å². The second kappa shape index (κ2) is 3.84. The standard InChI is InChI=1S/C12H12F2N2O/c1-12(2,14)11-7(4-3-5-8(11)13)9-6-10(15)17-16-9/h3-6H,15H2,1-2H3. The molecule has 0 aliphatic rings. The van der Waals surface area contributed by atoms with Gasteiger partial charge >= 0.3 is 0 Å². The molecule has 0 saturated carbocycles. The average Bonchev–Trinajstić information content (AvgIpc) is 2.62. The highest BCUT2D eigenvalue weighted by Gasteiger charge is 2.28. The van der Waals surface area contributed by atoms with Gasteiger partial charge in [0.2, 0.25) is 5.88 Å². The third-order valence-corrected chi connectivity index (χ3v) is 2.41. The molecule has 3 nitrogen and oxygen atoms in total. The Morgan fingerprint density at radius 3 is 2.59 bits per heavy atom. The number of anilines is 1. The van der Waals surface area contributed by atoms with Crippen molar-refractivity contribution in [1.82, 2.24) is 5.16 Å². The molecular weight excluding hydrogens is 226 g/mol. The van der Waals surface area contributed by atoms with Crippen LogP contribution in [-0.4, -0.2) is 5.16 Å². The quantitative estimate of drug-likeness (QED) is 0.873. The number of nitrogen functional groups attached to an aromatic ring is 1.